The van der Waals surface area contributed by atoms with E-state index in [1.54, 1.807) is 18.3 Å². The van der Waals surface area contributed by atoms with Gasteiger partial charge in [-0.05, 0) is 38.1 Å². The normalized spacial score (nSPS) is 11.6. The first-order chi connectivity index (χ1) is 8.64. The molecule has 0 aliphatic heterocycles. The predicted molar refractivity (Wildman–Crippen MR) is 70.4 cm³/mol. The maximum absolute atomic E-state index is 11.6. The highest BCUT2D eigenvalue weighted by Crippen LogP contribution is 1.94. The molecule has 0 aliphatic rings. The summed E-state index contributed by atoms with van der Waals surface area (Å²) < 4.78 is 25.8. The van der Waals surface area contributed by atoms with Gasteiger partial charge >= 0.3 is 0 Å². The molecule has 0 saturated carbocycles. The predicted octanol–water partition coefficient (Wildman–Crippen LogP) is 0.286. The van der Waals surface area contributed by atoms with Gasteiger partial charge in [-0.3, -0.25) is 0 Å². The van der Waals surface area contributed by atoms with E-state index in [4.69, 9.17) is 0 Å². The summed E-state index contributed by atoms with van der Waals surface area (Å²) in [6, 6.07) is 3.46. The Kier molecular flexibility index (Phi) is 6.77. The van der Waals surface area contributed by atoms with Crippen LogP contribution in [0.2, 0.25) is 0 Å². The Bertz CT molecular complexity index is 422. The molecular weight excluding hydrogens is 252 g/mol. The van der Waals surface area contributed by atoms with Crippen LogP contribution in [0.4, 0.5) is 0 Å². The zero-order valence-corrected chi connectivity index (χ0v) is 11.4. The zero-order valence-electron chi connectivity index (χ0n) is 10.6. The lowest BCUT2D eigenvalue weighted by Gasteiger charge is -2.06. The van der Waals surface area contributed by atoms with E-state index in [0.717, 1.165) is 19.5 Å². The molecule has 7 heteroatoms. The SMILES string of the molecule is CCCNCCCS(=O)(=O)NCc1cccnn1. The Balaban J connectivity index is 2.23. The first kappa shape index (κ1) is 15.0. The van der Waals surface area contributed by atoms with E-state index in [-0.39, 0.29) is 12.3 Å². The Hall–Kier alpha value is -1.05. The molecule has 1 aromatic heterocycles. The van der Waals surface area contributed by atoms with Gasteiger partial charge in [0, 0.05) is 6.20 Å². The maximum Gasteiger partial charge on any atom is 0.211 e. The molecule has 0 spiro atoms. The number of aromatic nitrogens is 2. The van der Waals surface area contributed by atoms with E-state index < -0.39 is 10.0 Å². The zero-order chi connectivity index (χ0) is 13.3. The standard InChI is InChI=1S/C11H20N4O2S/c1-2-6-12-7-4-9-18(16,17)14-10-11-5-3-8-13-15-11/h3,5,8,12,14H,2,4,6-7,9-10H2,1H3. The molecular formula is C11H20N4O2S. The Labute approximate surface area is 108 Å². The van der Waals surface area contributed by atoms with Crippen molar-refractivity contribution in [2.75, 3.05) is 18.8 Å². The largest absolute Gasteiger partial charge is 0.317 e. The summed E-state index contributed by atoms with van der Waals surface area (Å²) >= 11 is 0. The Morgan fingerprint density at radius 1 is 1.33 bits per heavy atom. The van der Waals surface area contributed by atoms with Crippen LogP contribution in [0.5, 0.6) is 0 Å². The minimum Gasteiger partial charge on any atom is -0.317 e. The summed E-state index contributed by atoms with van der Waals surface area (Å²) in [5, 5.41) is 10.7. The van der Waals surface area contributed by atoms with Crippen molar-refractivity contribution in [3.63, 3.8) is 0 Å². The fourth-order valence-electron chi connectivity index (χ4n) is 1.37. The first-order valence-electron chi connectivity index (χ1n) is 6.08. The third-order valence-electron chi connectivity index (χ3n) is 2.29. The molecule has 0 aliphatic carbocycles. The van der Waals surface area contributed by atoms with E-state index in [0.29, 0.717) is 12.1 Å². The quantitative estimate of drug-likeness (QED) is 0.631. The van der Waals surface area contributed by atoms with Crippen molar-refractivity contribution in [1.82, 2.24) is 20.2 Å². The molecule has 1 heterocycles. The van der Waals surface area contributed by atoms with Gasteiger partial charge in [-0.25, -0.2) is 13.1 Å². The lowest BCUT2D eigenvalue weighted by atomic mass is 10.4. The van der Waals surface area contributed by atoms with Crippen molar-refractivity contribution in [1.29, 1.82) is 0 Å². The minimum absolute atomic E-state index is 0.129. The van der Waals surface area contributed by atoms with Crippen LogP contribution in [0, 0.1) is 0 Å². The topological polar surface area (TPSA) is 84.0 Å². The molecule has 0 bridgehead atoms. The fraction of sp³-hybridized carbons (Fsp3) is 0.636. The van der Waals surface area contributed by atoms with E-state index in [1.807, 2.05) is 0 Å². The molecule has 2 N–H and O–H groups in total. The molecule has 0 amide bonds. The molecule has 0 fully saturated rings. The van der Waals surface area contributed by atoms with Gasteiger partial charge in [0.1, 0.15) is 0 Å². The lowest BCUT2D eigenvalue weighted by Crippen LogP contribution is -2.28. The first-order valence-corrected chi connectivity index (χ1v) is 7.74. The van der Waals surface area contributed by atoms with E-state index >= 15 is 0 Å². The molecule has 1 rings (SSSR count). The van der Waals surface area contributed by atoms with Gasteiger partial charge in [0.15, 0.2) is 0 Å². The van der Waals surface area contributed by atoms with E-state index in [2.05, 4.69) is 27.2 Å². The van der Waals surface area contributed by atoms with Crippen molar-refractivity contribution in [2.24, 2.45) is 0 Å². The van der Waals surface area contributed by atoms with Gasteiger partial charge in [-0.2, -0.15) is 10.2 Å². The summed E-state index contributed by atoms with van der Waals surface area (Å²) in [6.07, 6.45) is 3.21. The fourth-order valence-corrected chi connectivity index (χ4v) is 2.41. The number of nitrogens with zero attached hydrogens (tertiary/aromatic N) is 2. The third kappa shape index (κ3) is 6.63. The van der Waals surface area contributed by atoms with Crippen molar-refractivity contribution >= 4 is 10.0 Å². The number of hydrogen-bond acceptors (Lipinski definition) is 5. The van der Waals surface area contributed by atoms with Crippen LogP contribution >= 0.6 is 0 Å². The summed E-state index contributed by atoms with van der Waals surface area (Å²) in [5.41, 5.74) is 0.616. The Morgan fingerprint density at radius 2 is 2.17 bits per heavy atom. The van der Waals surface area contributed by atoms with Crippen LogP contribution in [-0.4, -0.2) is 37.5 Å². The summed E-state index contributed by atoms with van der Waals surface area (Å²) in [4.78, 5) is 0. The van der Waals surface area contributed by atoms with Crippen LogP contribution in [0.15, 0.2) is 18.3 Å². The second kappa shape index (κ2) is 8.12. The van der Waals surface area contributed by atoms with E-state index in [1.165, 1.54) is 0 Å². The summed E-state index contributed by atoms with van der Waals surface area (Å²) in [7, 11) is -3.22. The van der Waals surface area contributed by atoms with Gasteiger partial charge < -0.3 is 5.32 Å². The molecule has 0 atom stereocenters. The van der Waals surface area contributed by atoms with Crippen LogP contribution in [-0.2, 0) is 16.6 Å². The molecule has 0 aromatic carbocycles. The highest BCUT2D eigenvalue weighted by Gasteiger charge is 2.09. The average molecular weight is 272 g/mol. The molecule has 102 valence electrons. The van der Waals surface area contributed by atoms with Gasteiger partial charge in [0.2, 0.25) is 10.0 Å². The van der Waals surface area contributed by atoms with Gasteiger partial charge in [0.25, 0.3) is 0 Å². The Morgan fingerprint density at radius 3 is 2.83 bits per heavy atom. The monoisotopic (exact) mass is 272 g/mol. The number of hydrogen-bond donors (Lipinski definition) is 2. The minimum atomic E-state index is -3.22. The smallest absolute Gasteiger partial charge is 0.211 e. The second-order valence-electron chi connectivity index (χ2n) is 3.96. The maximum atomic E-state index is 11.6. The van der Waals surface area contributed by atoms with Crippen molar-refractivity contribution in [2.45, 2.75) is 26.3 Å². The highest BCUT2D eigenvalue weighted by atomic mass is 32.2. The van der Waals surface area contributed by atoms with Gasteiger partial charge in [-0.1, -0.05) is 6.92 Å². The average Bonchev–Trinajstić information content (AvgIpc) is 2.38. The van der Waals surface area contributed by atoms with Crippen LogP contribution < -0.4 is 10.0 Å². The van der Waals surface area contributed by atoms with Crippen molar-refractivity contribution < 1.29 is 8.42 Å². The highest BCUT2D eigenvalue weighted by molar-refractivity contribution is 7.89. The molecule has 18 heavy (non-hydrogen) atoms. The van der Waals surface area contributed by atoms with Crippen LogP contribution in [0.3, 0.4) is 0 Å². The number of nitrogens with one attached hydrogen (secondary N) is 2. The van der Waals surface area contributed by atoms with Gasteiger partial charge in [0.05, 0.1) is 18.0 Å². The molecule has 0 unspecified atom stereocenters. The van der Waals surface area contributed by atoms with Crippen LogP contribution in [0.1, 0.15) is 25.5 Å². The molecule has 1 aromatic rings. The van der Waals surface area contributed by atoms with Crippen molar-refractivity contribution in [3.8, 4) is 0 Å². The van der Waals surface area contributed by atoms with Gasteiger partial charge in [-0.15, -0.1) is 0 Å². The van der Waals surface area contributed by atoms with E-state index in [9.17, 15) is 8.42 Å². The summed E-state index contributed by atoms with van der Waals surface area (Å²) in [5.74, 6) is 0.129. The van der Waals surface area contributed by atoms with Crippen LogP contribution in [0.25, 0.3) is 0 Å². The lowest BCUT2D eigenvalue weighted by molar-refractivity contribution is 0.573. The number of rotatable bonds is 9. The second-order valence-corrected chi connectivity index (χ2v) is 5.88. The summed E-state index contributed by atoms with van der Waals surface area (Å²) in [6.45, 7) is 3.91. The number of sulfonamides is 1. The molecule has 6 nitrogen and oxygen atoms in total. The molecule has 0 saturated heterocycles. The van der Waals surface area contributed by atoms with Crippen molar-refractivity contribution in [3.05, 3.63) is 24.0 Å². The molecule has 0 radical (unpaired) electrons. The third-order valence-corrected chi connectivity index (χ3v) is 3.70.